The van der Waals surface area contributed by atoms with Crippen molar-refractivity contribution in [1.29, 1.82) is 0 Å². The lowest BCUT2D eigenvalue weighted by Crippen LogP contribution is -2.35. The van der Waals surface area contributed by atoms with E-state index in [9.17, 15) is 9.50 Å². The summed E-state index contributed by atoms with van der Waals surface area (Å²) in [6, 6.07) is 20.6. The van der Waals surface area contributed by atoms with Gasteiger partial charge in [-0.05, 0) is 53.4 Å². The zero-order valence-electron chi connectivity index (χ0n) is 16.7. The Labute approximate surface area is 174 Å². The minimum absolute atomic E-state index is 0.0222. The van der Waals surface area contributed by atoms with Crippen LogP contribution < -0.4 is 4.74 Å². The second-order valence-electron chi connectivity index (χ2n) is 7.74. The van der Waals surface area contributed by atoms with E-state index >= 15 is 0 Å². The largest absolute Gasteiger partial charge is 0.504 e. The van der Waals surface area contributed by atoms with Gasteiger partial charge in [0.2, 0.25) is 0 Å². The van der Waals surface area contributed by atoms with E-state index in [1.54, 1.807) is 19.2 Å². The smallest absolute Gasteiger partial charge is 0.160 e. The van der Waals surface area contributed by atoms with E-state index in [2.05, 4.69) is 28.1 Å². The minimum Gasteiger partial charge on any atom is -0.504 e. The topological polar surface area (TPSA) is 48.5 Å². The quantitative estimate of drug-likeness (QED) is 0.495. The first-order chi connectivity index (χ1) is 14.6. The maximum Gasteiger partial charge on any atom is 0.160 e. The molecule has 1 atom stereocenters. The molecule has 0 fully saturated rings. The van der Waals surface area contributed by atoms with Gasteiger partial charge in [0.25, 0.3) is 0 Å². The Hall–Kier alpha value is -3.31. The number of phenolic OH excluding ortho intramolecular Hbond substituents is 1. The molecule has 0 bridgehead atoms. The third kappa shape index (κ3) is 3.21. The summed E-state index contributed by atoms with van der Waals surface area (Å²) in [5.41, 5.74) is 5.65. The first-order valence-electron chi connectivity index (χ1n) is 10.1. The highest BCUT2D eigenvalue weighted by atomic mass is 19.1. The van der Waals surface area contributed by atoms with Gasteiger partial charge in [0.1, 0.15) is 5.82 Å². The maximum atomic E-state index is 13.6. The summed E-state index contributed by atoms with van der Waals surface area (Å²) >= 11 is 0. The second kappa shape index (κ2) is 7.50. The molecule has 0 spiro atoms. The summed E-state index contributed by atoms with van der Waals surface area (Å²) < 4.78 is 18.8. The minimum atomic E-state index is -0.238. The number of hydrogen-bond donors (Lipinski definition) is 2. The molecule has 5 heteroatoms. The van der Waals surface area contributed by atoms with Crippen LogP contribution in [-0.4, -0.2) is 28.6 Å². The number of aromatic hydroxyl groups is 1. The predicted molar refractivity (Wildman–Crippen MR) is 115 cm³/mol. The van der Waals surface area contributed by atoms with Crippen LogP contribution in [0.4, 0.5) is 4.39 Å². The van der Waals surface area contributed by atoms with Gasteiger partial charge in [-0.15, -0.1) is 0 Å². The molecule has 2 N–H and O–H groups in total. The van der Waals surface area contributed by atoms with E-state index in [1.165, 1.54) is 23.1 Å². The van der Waals surface area contributed by atoms with Crippen LogP contribution in [0.5, 0.6) is 11.5 Å². The van der Waals surface area contributed by atoms with E-state index in [1.807, 2.05) is 24.3 Å². The highest BCUT2D eigenvalue weighted by molar-refractivity contribution is 5.85. The van der Waals surface area contributed by atoms with E-state index in [0.29, 0.717) is 12.3 Å². The number of aromatic nitrogens is 1. The first-order valence-corrected chi connectivity index (χ1v) is 10.1. The fraction of sp³-hybridized carbons (Fsp3) is 0.200. The number of methoxy groups -OCH3 is 1. The number of fused-ring (bicyclic) bond motifs is 3. The summed E-state index contributed by atoms with van der Waals surface area (Å²) in [5.74, 6) is 0.361. The molecule has 0 amide bonds. The molecule has 0 unspecified atom stereocenters. The zero-order valence-corrected chi connectivity index (χ0v) is 16.7. The van der Waals surface area contributed by atoms with Crippen LogP contribution in [0.2, 0.25) is 0 Å². The molecule has 1 aliphatic rings. The number of para-hydroxylation sites is 1. The highest BCUT2D eigenvalue weighted by Gasteiger charge is 2.31. The van der Waals surface area contributed by atoms with Crippen molar-refractivity contribution in [2.24, 2.45) is 0 Å². The van der Waals surface area contributed by atoms with Gasteiger partial charge in [-0.1, -0.05) is 36.4 Å². The molecule has 1 aliphatic heterocycles. The van der Waals surface area contributed by atoms with Crippen molar-refractivity contribution in [3.8, 4) is 11.5 Å². The number of aromatic amines is 1. The summed E-state index contributed by atoms with van der Waals surface area (Å²) in [6.45, 7) is 1.53. The molecular weight excluding hydrogens is 379 g/mol. The first kappa shape index (κ1) is 18.7. The van der Waals surface area contributed by atoms with Crippen LogP contribution in [0.1, 0.15) is 28.4 Å². The van der Waals surface area contributed by atoms with Crippen LogP contribution >= 0.6 is 0 Å². The summed E-state index contributed by atoms with van der Waals surface area (Å²) in [7, 11) is 1.54. The predicted octanol–water partition coefficient (Wildman–Crippen LogP) is 5.17. The van der Waals surface area contributed by atoms with Crippen molar-refractivity contribution in [3.63, 3.8) is 0 Å². The van der Waals surface area contributed by atoms with Gasteiger partial charge in [0, 0.05) is 29.7 Å². The van der Waals surface area contributed by atoms with Crippen molar-refractivity contribution in [2.45, 2.75) is 19.0 Å². The number of halogens is 1. The third-order valence-corrected chi connectivity index (χ3v) is 5.95. The Bertz CT molecular complexity index is 1200. The third-order valence-electron chi connectivity index (χ3n) is 5.95. The van der Waals surface area contributed by atoms with Crippen LogP contribution in [0, 0.1) is 5.82 Å². The Morgan fingerprint density at radius 1 is 1.10 bits per heavy atom. The van der Waals surface area contributed by atoms with E-state index in [0.717, 1.165) is 35.3 Å². The van der Waals surface area contributed by atoms with Crippen molar-refractivity contribution in [2.75, 3.05) is 13.7 Å². The van der Waals surface area contributed by atoms with E-state index in [-0.39, 0.29) is 17.6 Å². The van der Waals surface area contributed by atoms with Gasteiger partial charge in [-0.3, -0.25) is 4.90 Å². The zero-order chi connectivity index (χ0) is 20.7. The number of rotatable bonds is 4. The maximum absolute atomic E-state index is 13.6. The van der Waals surface area contributed by atoms with Gasteiger partial charge >= 0.3 is 0 Å². The van der Waals surface area contributed by atoms with Gasteiger partial charge < -0.3 is 14.8 Å². The Morgan fingerprint density at radius 3 is 2.67 bits per heavy atom. The van der Waals surface area contributed by atoms with Crippen LogP contribution in [-0.2, 0) is 13.0 Å². The van der Waals surface area contributed by atoms with Crippen molar-refractivity contribution in [1.82, 2.24) is 9.88 Å². The molecule has 0 aliphatic carbocycles. The van der Waals surface area contributed by atoms with Crippen molar-refractivity contribution >= 4 is 10.9 Å². The SMILES string of the molecule is COc1ccc(CN2CCc3c([nH]c4ccccc34)[C@H]2c2ccc(F)cc2)cc1O. The number of ether oxygens (including phenoxy) is 1. The number of phenols is 1. The Kier molecular flexibility index (Phi) is 4.68. The normalized spacial score (nSPS) is 16.5. The highest BCUT2D eigenvalue weighted by Crippen LogP contribution is 2.39. The molecule has 4 aromatic rings. The number of benzene rings is 3. The summed E-state index contributed by atoms with van der Waals surface area (Å²) in [4.78, 5) is 5.99. The molecule has 0 saturated carbocycles. The van der Waals surface area contributed by atoms with Gasteiger partial charge in [-0.2, -0.15) is 0 Å². The molecule has 1 aromatic heterocycles. The lowest BCUT2D eigenvalue weighted by molar-refractivity contribution is 0.201. The average Bonchev–Trinajstić information content (AvgIpc) is 3.13. The molecular formula is C25H23FN2O2. The van der Waals surface area contributed by atoms with Crippen LogP contribution in [0.25, 0.3) is 10.9 Å². The Balaban J connectivity index is 1.58. The number of hydrogen-bond acceptors (Lipinski definition) is 3. The number of nitrogens with zero attached hydrogens (tertiary/aromatic N) is 1. The molecule has 2 heterocycles. The number of nitrogens with one attached hydrogen (secondary N) is 1. The molecule has 30 heavy (non-hydrogen) atoms. The summed E-state index contributed by atoms with van der Waals surface area (Å²) in [6.07, 6.45) is 0.930. The second-order valence-corrected chi connectivity index (χ2v) is 7.74. The van der Waals surface area contributed by atoms with Crippen LogP contribution in [0.3, 0.4) is 0 Å². The molecule has 4 nitrogen and oxygen atoms in total. The fourth-order valence-corrected chi connectivity index (χ4v) is 4.55. The van der Waals surface area contributed by atoms with Crippen molar-refractivity contribution in [3.05, 3.63) is 94.9 Å². The lowest BCUT2D eigenvalue weighted by atomic mass is 9.92. The number of H-pyrrole nitrogens is 1. The molecule has 152 valence electrons. The fourth-order valence-electron chi connectivity index (χ4n) is 4.55. The van der Waals surface area contributed by atoms with Gasteiger partial charge in [-0.25, -0.2) is 4.39 Å². The average molecular weight is 402 g/mol. The van der Waals surface area contributed by atoms with Crippen molar-refractivity contribution < 1.29 is 14.2 Å². The molecule has 0 radical (unpaired) electrons. The van der Waals surface area contributed by atoms with Gasteiger partial charge in [0.15, 0.2) is 11.5 Å². The standard InChI is InChI=1S/C25H23FN2O2/c1-30-23-11-6-16(14-22(23)29)15-28-13-12-20-19-4-2-3-5-21(19)27-24(20)25(28)17-7-9-18(26)10-8-17/h2-11,14,25,27,29H,12-13,15H2,1H3/t25-/m1/s1. The molecule has 5 rings (SSSR count). The van der Waals surface area contributed by atoms with Crippen LogP contribution in [0.15, 0.2) is 66.7 Å². The summed E-state index contributed by atoms with van der Waals surface area (Å²) in [5, 5.41) is 11.4. The van der Waals surface area contributed by atoms with Gasteiger partial charge in [0.05, 0.1) is 13.2 Å². The molecule has 0 saturated heterocycles. The van der Waals surface area contributed by atoms with E-state index in [4.69, 9.17) is 4.74 Å². The molecule has 3 aromatic carbocycles. The Morgan fingerprint density at radius 2 is 1.90 bits per heavy atom. The van der Waals surface area contributed by atoms with E-state index < -0.39 is 0 Å². The monoisotopic (exact) mass is 402 g/mol. The lowest BCUT2D eigenvalue weighted by Gasteiger charge is -2.36.